The lowest BCUT2D eigenvalue weighted by Gasteiger charge is -2.09. The summed E-state index contributed by atoms with van der Waals surface area (Å²) >= 11 is 5.92. The Morgan fingerprint density at radius 1 is 1.29 bits per heavy atom. The van der Waals surface area contributed by atoms with Crippen molar-refractivity contribution in [2.24, 2.45) is 0 Å². The zero-order chi connectivity index (χ0) is 15.6. The van der Waals surface area contributed by atoms with E-state index in [1.165, 1.54) is 12.1 Å². The van der Waals surface area contributed by atoms with Gasteiger partial charge >= 0.3 is 5.69 Å². The van der Waals surface area contributed by atoms with E-state index in [1.807, 2.05) is 13.8 Å². The largest absolute Gasteiger partial charge is 0.432 e. The average Bonchev–Trinajstić information content (AvgIpc) is 2.40. The lowest BCUT2D eigenvalue weighted by atomic mass is 10.2. The first-order chi connectivity index (χ1) is 9.86. The van der Waals surface area contributed by atoms with Crippen LogP contribution < -0.4 is 4.74 Å². The summed E-state index contributed by atoms with van der Waals surface area (Å²) in [5.74, 6) is 0.895. The molecule has 2 rings (SSSR count). The highest BCUT2D eigenvalue weighted by atomic mass is 35.5. The van der Waals surface area contributed by atoms with Crippen LogP contribution in [-0.2, 0) is 0 Å². The number of hydrogen-bond donors (Lipinski definition) is 0. The van der Waals surface area contributed by atoms with E-state index in [1.54, 1.807) is 19.1 Å². The van der Waals surface area contributed by atoms with Gasteiger partial charge in [0.15, 0.2) is 0 Å². The number of benzene rings is 1. The molecule has 0 fully saturated rings. The molecule has 0 atom stereocenters. The molecule has 1 aromatic heterocycles. The maximum Gasteiger partial charge on any atom is 0.311 e. The molecule has 0 saturated carbocycles. The summed E-state index contributed by atoms with van der Waals surface area (Å²) in [6.45, 7) is 5.61. The third-order valence-electron chi connectivity index (χ3n) is 2.73. The smallest absolute Gasteiger partial charge is 0.311 e. The summed E-state index contributed by atoms with van der Waals surface area (Å²) in [4.78, 5) is 18.9. The molecule has 6 nitrogen and oxygen atoms in total. The van der Waals surface area contributed by atoms with E-state index in [0.29, 0.717) is 5.82 Å². The summed E-state index contributed by atoms with van der Waals surface area (Å²) < 4.78 is 5.52. The highest BCUT2D eigenvalue weighted by Gasteiger charge is 2.17. The topological polar surface area (TPSA) is 78.2 Å². The normalized spacial score (nSPS) is 10.7. The first-order valence-corrected chi connectivity index (χ1v) is 6.72. The Balaban J connectivity index is 2.41. The van der Waals surface area contributed by atoms with Gasteiger partial charge in [-0.2, -0.15) is 4.98 Å². The van der Waals surface area contributed by atoms with E-state index >= 15 is 0 Å². The predicted octanol–water partition coefficient (Wildman–Crippen LogP) is 4.26. The zero-order valence-corrected chi connectivity index (χ0v) is 12.6. The molecule has 0 unspecified atom stereocenters. The van der Waals surface area contributed by atoms with Crippen molar-refractivity contribution in [2.75, 3.05) is 0 Å². The van der Waals surface area contributed by atoms with Gasteiger partial charge in [0.25, 0.3) is 0 Å². The SMILES string of the molecule is Cc1ccc(Oc2cc(Cl)nc(C(C)C)n2)c([N+](=O)[O-])c1. The van der Waals surface area contributed by atoms with Gasteiger partial charge < -0.3 is 4.74 Å². The van der Waals surface area contributed by atoms with Crippen LogP contribution in [0.4, 0.5) is 5.69 Å². The maximum absolute atomic E-state index is 11.1. The number of nitrogens with zero attached hydrogens (tertiary/aromatic N) is 3. The highest BCUT2D eigenvalue weighted by molar-refractivity contribution is 6.29. The minimum absolute atomic E-state index is 0.0686. The first-order valence-electron chi connectivity index (χ1n) is 6.34. The Hall–Kier alpha value is -2.21. The molecule has 1 heterocycles. The average molecular weight is 308 g/mol. The second-order valence-electron chi connectivity index (χ2n) is 4.87. The van der Waals surface area contributed by atoms with E-state index in [4.69, 9.17) is 16.3 Å². The number of ether oxygens (including phenoxy) is 1. The van der Waals surface area contributed by atoms with Crippen molar-refractivity contribution < 1.29 is 9.66 Å². The van der Waals surface area contributed by atoms with Gasteiger partial charge in [0.05, 0.1) is 4.92 Å². The van der Waals surface area contributed by atoms with Crippen molar-refractivity contribution in [1.82, 2.24) is 9.97 Å². The minimum Gasteiger partial charge on any atom is -0.432 e. The van der Waals surface area contributed by atoms with Crippen LogP contribution in [0, 0.1) is 17.0 Å². The molecule has 21 heavy (non-hydrogen) atoms. The summed E-state index contributed by atoms with van der Waals surface area (Å²) in [7, 11) is 0. The van der Waals surface area contributed by atoms with Crippen molar-refractivity contribution in [1.29, 1.82) is 0 Å². The molecule has 0 N–H and O–H groups in total. The lowest BCUT2D eigenvalue weighted by molar-refractivity contribution is -0.385. The molecule has 0 aliphatic rings. The van der Waals surface area contributed by atoms with E-state index in [-0.39, 0.29) is 28.4 Å². The fraction of sp³-hybridized carbons (Fsp3) is 0.286. The fourth-order valence-corrected chi connectivity index (χ4v) is 1.87. The summed E-state index contributed by atoms with van der Waals surface area (Å²) in [5, 5.41) is 11.3. The third kappa shape index (κ3) is 3.66. The van der Waals surface area contributed by atoms with Gasteiger partial charge in [-0.25, -0.2) is 4.98 Å². The van der Waals surface area contributed by atoms with Crippen LogP contribution in [0.3, 0.4) is 0 Å². The van der Waals surface area contributed by atoms with Gasteiger partial charge in [-0.3, -0.25) is 10.1 Å². The van der Waals surface area contributed by atoms with Crippen LogP contribution in [0.15, 0.2) is 24.3 Å². The van der Waals surface area contributed by atoms with E-state index in [2.05, 4.69) is 9.97 Å². The molecule has 7 heteroatoms. The lowest BCUT2D eigenvalue weighted by Crippen LogP contribution is -2.01. The summed E-state index contributed by atoms with van der Waals surface area (Å²) in [6, 6.07) is 6.14. The number of halogens is 1. The van der Waals surface area contributed by atoms with Crippen molar-refractivity contribution in [3.63, 3.8) is 0 Å². The van der Waals surface area contributed by atoms with Crippen molar-refractivity contribution >= 4 is 17.3 Å². The molecule has 0 aliphatic carbocycles. The standard InChI is InChI=1S/C14H14ClN3O3/c1-8(2)14-16-12(15)7-13(17-14)21-11-5-4-9(3)6-10(11)18(19)20/h4-8H,1-3H3. The number of rotatable bonds is 4. The van der Waals surface area contributed by atoms with Crippen molar-refractivity contribution in [2.45, 2.75) is 26.7 Å². The van der Waals surface area contributed by atoms with Crippen LogP contribution in [0.2, 0.25) is 5.15 Å². The van der Waals surface area contributed by atoms with Gasteiger partial charge in [0.1, 0.15) is 11.0 Å². The Kier molecular flexibility index (Phi) is 4.37. The molecule has 110 valence electrons. The Morgan fingerprint density at radius 2 is 2.00 bits per heavy atom. The van der Waals surface area contributed by atoms with Gasteiger partial charge in [-0.05, 0) is 18.6 Å². The second-order valence-corrected chi connectivity index (χ2v) is 5.26. The number of nitro benzene ring substituents is 1. The van der Waals surface area contributed by atoms with Crippen LogP contribution in [-0.4, -0.2) is 14.9 Å². The maximum atomic E-state index is 11.1. The molecule has 0 radical (unpaired) electrons. The molecule has 0 aliphatic heterocycles. The molecule has 0 amide bonds. The Bertz CT molecular complexity index is 689. The molecule has 2 aromatic rings. The second kappa shape index (κ2) is 6.05. The zero-order valence-electron chi connectivity index (χ0n) is 11.8. The van der Waals surface area contributed by atoms with E-state index < -0.39 is 4.92 Å². The van der Waals surface area contributed by atoms with Crippen LogP contribution in [0.1, 0.15) is 31.2 Å². The highest BCUT2D eigenvalue weighted by Crippen LogP contribution is 2.32. The molecule has 0 saturated heterocycles. The molecule has 1 aromatic carbocycles. The van der Waals surface area contributed by atoms with Gasteiger partial charge in [-0.15, -0.1) is 0 Å². The van der Waals surface area contributed by atoms with E-state index in [9.17, 15) is 10.1 Å². The number of nitro groups is 1. The van der Waals surface area contributed by atoms with Gasteiger partial charge in [0, 0.05) is 18.1 Å². The predicted molar refractivity (Wildman–Crippen MR) is 79.0 cm³/mol. The quantitative estimate of drug-likeness (QED) is 0.479. The molecular weight excluding hydrogens is 294 g/mol. The van der Waals surface area contributed by atoms with Gasteiger partial charge in [-0.1, -0.05) is 31.5 Å². The number of hydrogen-bond acceptors (Lipinski definition) is 5. The number of aromatic nitrogens is 2. The van der Waals surface area contributed by atoms with Crippen LogP contribution in [0.25, 0.3) is 0 Å². The minimum atomic E-state index is -0.492. The van der Waals surface area contributed by atoms with Gasteiger partial charge in [0.2, 0.25) is 11.6 Å². The van der Waals surface area contributed by atoms with Crippen LogP contribution in [0.5, 0.6) is 11.6 Å². The van der Waals surface area contributed by atoms with E-state index in [0.717, 1.165) is 5.56 Å². The monoisotopic (exact) mass is 307 g/mol. The van der Waals surface area contributed by atoms with Crippen molar-refractivity contribution in [3.8, 4) is 11.6 Å². The fourth-order valence-electron chi connectivity index (χ4n) is 1.69. The summed E-state index contributed by atoms with van der Waals surface area (Å²) in [6.07, 6.45) is 0. The Labute approximate surface area is 126 Å². The number of aryl methyl sites for hydroxylation is 1. The molecular formula is C14H14ClN3O3. The molecule has 0 bridgehead atoms. The third-order valence-corrected chi connectivity index (χ3v) is 2.92. The molecule has 0 spiro atoms. The van der Waals surface area contributed by atoms with Crippen molar-refractivity contribution in [3.05, 3.63) is 50.9 Å². The first kappa shape index (κ1) is 15.2. The summed E-state index contributed by atoms with van der Waals surface area (Å²) in [5.41, 5.74) is 0.661. The Morgan fingerprint density at radius 3 is 2.62 bits per heavy atom. The van der Waals surface area contributed by atoms with Crippen LogP contribution >= 0.6 is 11.6 Å².